The molecule has 0 spiro atoms. The van der Waals surface area contributed by atoms with Gasteiger partial charge in [0.1, 0.15) is 0 Å². The molecule has 0 unspecified atom stereocenters. The lowest BCUT2D eigenvalue weighted by Gasteiger charge is -2.27. The van der Waals surface area contributed by atoms with E-state index >= 15 is 0 Å². The third-order valence-corrected chi connectivity index (χ3v) is 7.69. The minimum absolute atomic E-state index is 0.125. The predicted octanol–water partition coefficient (Wildman–Crippen LogP) is 8.02. The summed E-state index contributed by atoms with van der Waals surface area (Å²) in [4.78, 5) is 10.1. The molecule has 0 amide bonds. The highest BCUT2D eigenvalue weighted by molar-refractivity contribution is 5.66. The first kappa shape index (κ1) is 23.4. The third-order valence-electron chi connectivity index (χ3n) is 7.69. The van der Waals surface area contributed by atoms with E-state index in [1.165, 1.54) is 27.8 Å². The van der Waals surface area contributed by atoms with Gasteiger partial charge in [-0.2, -0.15) is 0 Å². The summed E-state index contributed by atoms with van der Waals surface area (Å²) < 4.78 is 0. The van der Waals surface area contributed by atoms with Gasteiger partial charge in [0.15, 0.2) is 0 Å². The van der Waals surface area contributed by atoms with Crippen LogP contribution in [0.15, 0.2) is 109 Å². The van der Waals surface area contributed by atoms with Crippen molar-refractivity contribution in [1.82, 2.24) is 9.97 Å². The number of hydrogen-bond donors (Lipinski definition) is 0. The topological polar surface area (TPSA) is 25.8 Å². The second kappa shape index (κ2) is 9.78. The van der Waals surface area contributed by atoms with Crippen LogP contribution in [0, 0.1) is 0 Å². The van der Waals surface area contributed by atoms with E-state index in [-0.39, 0.29) is 5.41 Å². The molecule has 2 nitrogen and oxygen atoms in total. The van der Waals surface area contributed by atoms with Gasteiger partial charge < -0.3 is 0 Å². The van der Waals surface area contributed by atoms with Gasteiger partial charge >= 0.3 is 0 Å². The molecule has 182 valence electrons. The van der Waals surface area contributed by atoms with Crippen LogP contribution in [0.2, 0.25) is 0 Å². The van der Waals surface area contributed by atoms with E-state index in [1.54, 1.807) is 0 Å². The lowest BCUT2D eigenvalue weighted by Crippen LogP contribution is -2.19. The molecule has 6 rings (SSSR count). The van der Waals surface area contributed by atoms with Crippen LogP contribution < -0.4 is 0 Å². The molecule has 0 fully saturated rings. The van der Waals surface area contributed by atoms with Crippen LogP contribution in [0.4, 0.5) is 0 Å². The van der Waals surface area contributed by atoms with E-state index in [2.05, 4.69) is 123 Å². The van der Waals surface area contributed by atoms with Crippen molar-refractivity contribution in [3.05, 3.63) is 143 Å². The zero-order valence-corrected chi connectivity index (χ0v) is 21.6. The minimum atomic E-state index is -0.125. The fourth-order valence-electron chi connectivity index (χ4n) is 5.37. The van der Waals surface area contributed by atoms with Crippen molar-refractivity contribution >= 4 is 0 Å². The number of hydrogen-bond acceptors (Lipinski definition) is 2. The molecule has 3 heterocycles. The molecule has 3 aromatic carbocycles. The maximum atomic E-state index is 5.11. The van der Waals surface area contributed by atoms with Crippen LogP contribution in [0.3, 0.4) is 0 Å². The Kier molecular flexibility index (Phi) is 6.18. The summed E-state index contributed by atoms with van der Waals surface area (Å²) in [5.74, 6) is 0. The van der Waals surface area contributed by atoms with Crippen molar-refractivity contribution < 1.29 is 0 Å². The van der Waals surface area contributed by atoms with Crippen LogP contribution >= 0.6 is 0 Å². The average molecular weight is 481 g/mol. The van der Waals surface area contributed by atoms with Gasteiger partial charge in [-0.15, -0.1) is 0 Å². The maximum absolute atomic E-state index is 5.11. The van der Waals surface area contributed by atoms with Crippen molar-refractivity contribution in [1.29, 1.82) is 0 Å². The summed E-state index contributed by atoms with van der Waals surface area (Å²) in [6.45, 7) is 4.64. The molecule has 1 aliphatic heterocycles. The Morgan fingerprint density at radius 3 is 1.95 bits per heavy atom. The highest BCUT2D eigenvalue weighted by atomic mass is 14.8. The first-order valence-electron chi connectivity index (χ1n) is 13.3. The Bertz CT molecular complexity index is 1550. The Labute approximate surface area is 220 Å². The van der Waals surface area contributed by atoms with Crippen molar-refractivity contribution in [2.24, 2.45) is 0 Å². The van der Waals surface area contributed by atoms with Crippen LogP contribution in [0.5, 0.6) is 0 Å². The van der Waals surface area contributed by atoms with E-state index in [4.69, 9.17) is 9.97 Å². The van der Waals surface area contributed by atoms with Crippen molar-refractivity contribution in [2.75, 3.05) is 0 Å². The first-order chi connectivity index (χ1) is 18.0. The van der Waals surface area contributed by atoms with Gasteiger partial charge in [-0.1, -0.05) is 86.6 Å². The molecule has 1 aliphatic rings. The van der Waals surface area contributed by atoms with Gasteiger partial charge in [-0.25, -0.2) is 4.98 Å². The number of aryl methyl sites for hydroxylation is 4. The molecule has 8 bridgehead atoms. The van der Waals surface area contributed by atoms with Gasteiger partial charge in [-0.05, 0) is 89.9 Å². The number of pyridine rings is 2. The summed E-state index contributed by atoms with van der Waals surface area (Å²) in [5, 5.41) is 0. The van der Waals surface area contributed by atoms with Gasteiger partial charge in [0.25, 0.3) is 0 Å². The Balaban J connectivity index is 1.51. The largest absolute Gasteiger partial charge is 0.251 e. The Hall–Kier alpha value is -4.04. The van der Waals surface area contributed by atoms with Crippen LogP contribution in [0.25, 0.3) is 22.6 Å². The molecule has 5 aromatic rings. The van der Waals surface area contributed by atoms with E-state index < -0.39 is 0 Å². The number of aromatic nitrogens is 2. The van der Waals surface area contributed by atoms with Crippen molar-refractivity contribution in [3.63, 3.8) is 0 Å². The smallest absolute Gasteiger partial charge is 0.0893 e. The third kappa shape index (κ3) is 4.97. The maximum Gasteiger partial charge on any atom is 0.0893 e. The summed E-state index contributed by atoms with van der Waals surface area (Å²) in [5.41, 5.74) is 11.7. The fraction of sp³-hybridized carbons (Fsp3) is 0.200. The van der Waals surface area contributed by atoms with E-state index in [1.807, 2.05) is 0 Å². The standard InChI is InChI=1S/C35H32N2/c1-35(2,29-11-4-3-5-12-29)30-23-27-18-17-25-9-6-10-26(21-25)19-20-31-13-7-15-33(36-31)34-16-8-14-32(37-34)28(22-27)24-30/h3-16,21-24H,17-20H2,1-2H3. The zero-order chi connectivity index (χ0) is 25.2. The molecule has 2 aromatic heterocycles. The SMILES string of the molecule is CC(C)(c1ccccc1)c1cc2cc(c1)-c1cccc(n1)-c1cccc(n1)CCc1cccc(c1)CC2. The highest BCUT2D eigenvalue weighted by Gasteiger charge is 2.24. The first-order valence-corrected chi connectivity index (χ1v) is 13.3. The molecule has 0 radical (unpaired) electrons. The quantitative estimate of drug-likeness (QED) is 0.256. The number of nitrogens with zero attached hydrogens (tertiary/aromatic N) is 2. The number of benzene rings is 3. The van der Waals surface area contributed by atoms with Crippen LogP contribution in [0.1, 0.15) is 47.4 Å². The summed E-state index contributed by atoms with van der Waals surface area (Å²) in [7, 11) is 0. The van der Waals surface area contributed by atoms with Crippen LogP contribution in [-0.4, -0.2) is 9.97 Å². The van der Waals surface area contributed by atoms with Gasteiger partial charge in [-0.3, -0.25) is 4.98 Å². The molecule has 2 heteroatoms. The Morgan fingerprint density at radius 2 is 1.14 bits per heavy atom. The van der Waals surface area contributed by atoms with Gasteiger partial charge in [0.05, 0.1) is 17.1 Å². The van der Waals surface area contributed by atoms with Crippen molar-refractivity contribution in [3.8, 4) is 22.6 Å². The molecule has 0 saturated carbocycles. The predicted molar refractivity (Wildman–Crippen MR) is 153 cm³/mol. The molecule has 0 saturated heterocycles. The molecular formula is C35H32N2. The fourth-order valence-corrected chi connectivity index (χ4v) is 5.37. The zero-order valence-electron chi connectivity index (χ0n) is 21.6. The molecule has 0 aliphatic carbocycles. The molecule has 0 atom stereocenters. The van der Waals surface area contributed by atoms with E-state index in [9.17, 15) is 0 Å². The molecule has 37 heavy (non-hydrogen) atoms. The van der Waals surface area contributed by atoms with E-state index in [0.717, 1.165) is 54.0 Å². The monoisotopic (exact) mass is 480 g/mol. The van der Waals surface area contributed by atoms with Crippen molar-refractivity contribution in [2.45, 2.75) is 44.9 Å². The molecular weight excluding hydrogens is 448 g/mol. The Morgan fingerprint density at radius 1 is 0.486 bits per heavy atom. The average Bonchev–Trinajstić information content (AvgIpc) is 2.95. The normalized spacial score (nSPS) is 13.2. The lowest BCUT2D eigenvalue weighted by atomic mass is 9.76. The second-order valence-electron chi connectivity index (χ2n) is 10.7. The van der Waals surface area contributed by atoms with Gasteiger partial charge in [0.2, 0.25) is 0 Å². The summed E-state index contributed by atoms with van der Waals surface area (Å²) in [6, 6.07) is 39.5. The van der Waals surface area contributed by atoms with Crippen LogP contribution in [-0.2, 0) is 31.1 Å². The second-order valence-corrected chi connectivity index (χ2v) is 10.7. The van der Waals surface area contributed by atoms with Gasteiger partial charge in [0, 0.05) is 16.7 Å². The highest BCUT2D eigenvalue weighted by Crippen LogP contribution is 2.35. The molecule has 0 N–H and O–H groups in total. The minimum Gasteiger partial charge on any atom is -0.251 e. The summed E-state index contributed by atoms with van der Waals surface area (Å²) in [6.07, 6.45) is 3.93. The number of rotatable bonds is 2. The summed E-state index contributed by atoms with van der Waals surface area (Å²) >= 11 is 0. The number of fused-ring (bicyclic) bond motifs is 10. The lowest BCUT2D eigenvalue weighted by molar-refractivity contribution is 0.639. The van der Waals surface area contributed by atoms with E-state index in [0.29, 0.717) is 0 Å².